The maximum Gasteiger partial charge on any atom is 0.316 e. The first kappa shape index (κ1) is 17.6. The Kier molecular flexibility index (Phi) is 3.93. The number of benzene rings is 1. The minimum Gasteiger partial charge on any atom is -0.481 e. The molecule has 5 rings (SSSR count). The summed E-state index contributed by atoms with van der Waals surface area (Å²) in [6.45, 7) is 0.820. The summed E-state index contributed by atoms with van der Waals surface area (Å²) in [5.41, 5.74) is 1.93. The zero-order valence-electron chi connectivity index (χ0n) is 15.4. The number of carboxylic acids is 1. The highest BCUT2D eigenvalue weighted by atomic mass is 19.1. The van der Waals surface area contributed by atoms with Gasteiger partial charge >= 0.3 is 5.97 Å². The van der Waals surface area contributed by atoms with E-state index in [9.17, 15) is 19.6 Å². The zero-order valence-corrected chi connectivity index (χ0v) is 15.4. The number of hydrogen-bond donors (Lipinski definition) is 1. The number of carbonyl (C=O) groups is 2. The van der Waals surface area contributed by atoms with Crippen molar-refractivity contribution in [1.82, 2.24) is 0 Å². The first-order valence-corrected chi connectivity index (χ1v) is 9.97. The molecule has 1 saturated heterocycles. The van der Waals surface area contributed by atoms with E-state index in [0.717, 1.165) is 25.7 Å². The number of nitrogens with zero attached hydrogens (tertiary/aromatic N) is 3. The largest absolute Gasteiger partial charge is 0.481 e. The second-order valence-electron chi connectivity index (χ2n) is 8.41. The smallest absolute Gasteiger partial charge is 0.316 e. The quantitative estimate of drug-likeness (QED) is 0.634. The molecule has 0 bridgehead atoms. The van der Waals surface area contributed by atoms with Gasteiger partial charge in [-0.2, -0.15) is 4.91 Å². The Morgan fingerprint density at radius 3 is 2.64 bits per heavy atom. The Morgan fingerprint density at radius 2 is 1.96 bits per heavy atom. The number of carboxylic acid groups (broad SMARTS) is 1. The predicted octanol–water partition coefficient (Wildman–Crippen LogP) is 2.74. The van der Waals surface area contributed by atoms with Crippen molar-refractivity contribution in [2.45, 2.75) is 56.7 Å². The summed E-state index contributed by atoms with van der Waals surface area (Å²) in [6.07, 6.45) is 4.55. The monoisotopic (exact) mass is 387 g/mol. The fraction of sp³-hybridized carbons (Fsp3) is 0.600. The van der Waals surface area contributed by atoms with Crippen LogP contribution in [0.1, 0.15) is 48.0 Å². The van der Waals surface area contributed by atoms with Gasteiger partial charge in [0.15, 0.2) is 5.78 Å². The Balaban J connectivity index is 1.73. The lowest BCUT2D eigenvalue weighted by Crippen LogP contribution is -2.45. The van der Waals surface area contributed by atoms with E-state index in [1.807, 2.05) is 9.80 Å². The summed E-state index contributed by atoms with van der Waals surface area (Å²) >= 11 is 0. The van der Waals surface area contributed by atoms with Gasteiger partial charge in [0, 0.05) is 42.7 Å². The van der Waals surface area contributed by atoms with Gasteiger partial charge < -0.3 is 14.9 Å². The highest BCUT2D eigenvalue weighted by Gasteiger charge is 2.46. The van der Waals surface area contributed by atoms with Crippen LogP contribution in [0, 0.1) is 16.6 Å². The lowest BCUT2D eigenvalue weighted by molar-refractivity contribution is -0.139. The SMILES string of the molecule is O=NC1Cc2c(c(F)cc3c2N(C2CC2)CC(C(=O)O)C3=O)N2CCCC2C1. The van der Waals surface area contributed by atoms with Gasteiger partial charge in [-0.3, -0.25) is 9.59 Å². The van der Waals surface area contributed by atoms with Crippen LogP contribution in [-0.2, 0) is 11.2 Å². The van der Waals surface area contributed by atoms with Crippen molar-refractivity contribution < 1.29 is 19.1 Å². The number of nitroso groups, excluding NO2 is 1. The number of anilines is 2. The van der Waals surface area contributed by atoms with Crippen molar-refractivity contribution in [3.63, 3.8) is 0 Å². The molecule has 3 atom stereocenters. The number of halogens is 1. The summed E-state index contributed by atoms with van der Waals surface area (Å²) in [5.74, 6) is -3.40. The van der Waals surface area contributed by atoms with Gasteiger partial charge in [-0.1, -0.05) is 5.18 Å². The number of hydrogen-bond acceptors (Lipinski definition) is 6. The molecule has 1 aliphatic carbocycles. The van der Waals surface area contributed by atoms with Crippen LogP contribution in [0.4, 0.5) is 15.8 Å². The molecule has 8 heteroatoms. The number of ketones is 1. The fourth-order valence-electron chi connectivity index (χ4n) is 5.26. The highest BCUT2D eigenvalue weighted by Crippen LogP contribution is 2.48. The molecule has 0 amide bonds. The maximum absolute atomic E-state index is 15.3. The van der Waals surface area contributed by atoms with Gasteiger partial charge in [-0.05, 0) is 38.2 Å². The number of carbonyl (C=O) groups excluding carboxylic acids is 1. The molecule has 28 heavy (non-hydrogen) atoms. The number of rotatable bonds is 3. The van der Waals surface area contributed by atoms with E-state index in [1.54, 1.807) is 0 Å². The third-order valence-electron chi connectivity index (χ3n) is 6.66. The Bertz CT molecular complexity index is 885. The van der Waals surface area contributed by atoms with Crippen LogP contribution in [0.25, 0.3) is 0 Å². The third kappa shape index (κ3) is 2.53. The molecule has 0 aromatic heterocycles. The molecular formula is C20H22FN3O4. The first-order chi connectivity index (χ1) is 13.5. The minimum absolute atomic E-state index is 0.0805. The van der Waals surface area contributed by atoms with Crippen LogP contribution in [-0.4, -0.2) is 48.1 Å². The molecule has 1 aromatic rings. The van der Waals surface area contributed by atoms with Crippen LogP contribution < -0.4 is 9.80 Å². The average molecular weight is 387 g/mol. The lowest BCUT2D eigenvalue weighted by Gasteiger charge is -2.37. The summed E-state index contributed by atoms with van der Waals surface area (Å²) in [6, 6.07) is 1.01. The molecule has 3 aliphatic heterocycles. The molecule has 3 heterocycles. The van der Waals surface area contributed by atoms with E-state index in [4.69, 9.17) is 0 Å². The average Bonchev–Trinajstić information content (AvgIpc) is 3.44. The molecule has 1 aromatic carbocycles. The highest BCUT2D eigenvalue weighted by molar-refractivity contribution is 6.14. The first-order valence-electron chi connectivity index (χ1n) is 9.97. The number of fused-ring (bicyclic) bond motifs is 5. The molecule has 1 N–H and O–H groups in total. The molecule has 3 unspecified atom stereocenters. The van der Waals surface area contributed by atoms with E-state index in [2.05, 4.69) is 5.18 Å². The molecular weight excluding hydrogens is 365 g/mol. The second kappa shape index (κ2) is 6.25. The molecule has 0 radical (unpaired) electrons. The van der Waals surface area contributed by atoms with Crippen molar-refractivity contribution in [2.75, 3.05) is 22.9 Å². The minimum atomic E-state index is -1.18. The van der Waals surface area contributed by atoms with Crippen LogP contribution in [0.2, 0.25) is 0 Å². The predicted molar refractivity (Wildman–Crippen MR) is 100 cm³/mol. The Morgan fingerprint density at radius 1 is 1.18 bits per heavy atom. The van der Waals surface area contributed by atoms with E-state index in [-0.39, 0.29) is 24.2 Å². The number of Topliss-reactive ketones (excluding diaryl/α,β-unsaturated/α-hetero) is 1. The standard InChI is InChI=1S/C20H22FN3O4/c21-16-8-14-17(24(11-3-4-11)9-15(19(14)25)20(26)27)13-7-10(22-28)6-12-2-1-5-23(12)18(13)16/h8,10-12,15H,1-7,9H2,(H,26,27). The summed E-state index contributed by atoms with van der Waals surface area (Å²) < 4.78 is 15.3. The third-order valence-corrected chi connectivity index (χ3v) is 6.66. The van der Waals surface area contributed by atoms with Gasteiger partial charge in [0.25, 0.3) is 0 Å². The van der Waals surface area contributed by atoms with Crippen molar-refractivity contribution >= 4 is 23.1 Å². The summed E-state index contributed by atoms with van der Waals surface area (Å²) in [5, 5.41) is 12.8. The van der Waals surface area contributed by atoms with Crippen molar-refractivity contribution in [3.05, 3.63) is 27.9 Å². The van der Waals surface area contributed by atoms with E-state index < -0.39 is 29.5 Å². The van der Waals surface area contributed by atoms with Crippen LogP contribution in [0.3, 0.4) is 0 Å². The van der Waals surface area contributed by atoms with E-state index in [0.29, 0.717) is 36.3 Å². The van der Waals surface area contributed by atoms with Crippen LogP contribution >= 0.6 is 0 Å². The van der Waals surface area contributed by atoms with E-state index in [1.165, 1.54) is 6.07 Å². The molecule has 148 valence electrons. The molecule has 4 aliphatic rings. The van der Waals surface area contributed by atoms with Crippen molar-refractivity contribution in [1.29, 1.82) is 0 Å². The van der Waals surface area contributed by atoms with Crippen LogP contribution in [0.15, 0.2) is 11.2 Å². The maximum atomic E-state index is 15.3. The van der Waals surface area contributed by atoms with Crippen molar-refractivity contribution in [2.24, 2.45) is 11.1 Å². The van der Waals surface area contributed by atoms with E-state index >= 15 is 4.39 Å². The molecule has 7 nitrogen and oxygen atoms in total. The van der Waals surface area contributed by atoms with Crippen LogP contribution in [0.5, 0.6) is 0 Å². The lowest BCUT2D eigenvalue weighted by atomic mass is 9.86. The van der Waals surface area contributed by atoms with Gasteiger partial charge in [0.2, 0.25) is 0 Å². The Labute approximate surface area is 161 Å². The molecule has 2 fully saturated rings. The van der Waals surface area contributed by atoms with Gasteiger partial charge in [0.05, 0.1) is 17.4 Å². The second-order valence-corrected chi connectivity index (χ2v) is 8.41. The fourth-order valence-corrected chi connectivity index (χ4v) is 5.26. The Hall–Kier alpha value is -2.51. The van der Waals surface area contributed by atoms with Gasteiger partial charge in [-0.25, -0.2) is 4.39 Å². The van der Waals surface area contributed by atoms with Crippen molar-refractivity contribution in [3.8, 4) is 0 Å². The topological polar surface area (TPSA) is 90.3 Å². The summed E-state index contributed by atoms with van der Waals surface area (Å²) in [7, 11) is 0. The molecule has 1 saturated carbocycles. The number of aliphatic carboxylic acids is 1. The summed E-state index contributed by atoms with van der Waals surface area (Å²) in [4.78, 5) is 40.0. The van der Waals surface area contributed by atoms with Gasteiger partial charge in [-0.15, -0.1) is 0 Å². The van der Waals surface area contributed by atoms with Gasteiger partial charge in [0.1, 0.15) is 11.7 Å². The molecule has 0 spiro atoms. The normalized spacial score (nSPS) is 29.0. The zero-order chi connectivity index (χ0) is 19.6.